The van der Waals surface area contributed by atoms with E-state index in [9.17, 15) is 9.90 Å². The molecule has 2 heterocycles. The minimum Gasteiger partial charge on any atom is -0.394 e. The second kappa shape index (κ2) is 7.99. The van der Waals surface area contributed by atoms with Crippen molar-refractivity contribution in [2.75, 3.05) is 26.2 Å². The van der Waals surface area contributed by atoms with E-state index in [1.165, 1.54) is 11.1 Å². The average Bonchev–Trinajstić information content (AvgIpc) is 3.07. The van der Waals surface area contributed by atoms with Crippen LogP contribution in [-0.4, -0.2) is 59.3 Å². The average molecular weight is 331 g/mol. The van der Waals surface area contributed by atoms with Gasteiger partial charge in [0.15, 0.2) is 0 Å². The van der Waals surface area contributed by atoms with E-state index >= 15 is 0 Å². The number of piperidine rings is 1. The molecule has 2 aliphatic heterocycles. The van der Waals surface area contributed by atoms with Crippen molar-refractivity contribution in [2.45, 2.75) is 51.2 Å². The number of hydrogen-bond donors (Lipinski definition) is 2. The summed E-state index contributed by atoms with van der Waals surface area (Å²) in [7, 11) is 0. The number of rotatable bonds is 4. The first-order valence-corrected chi connectivity index (χ1v) is 9.12. The van der Waals surface area contributed by atoms with Crippen LogP contribution in [0.3, 0.4) is 0 Å². The highest BCUT2D eigenvalue weighted by Crippen LogP contribution is 2.19. The highest BCUT2D eigenvalue weighted by Gasteiger charge is 2.30. The van der Waals surface area contributed by atoms with Gasteiger partial charge in [-0.15, -0.1) is 0 Å². The molecular weight excluding hydrogens is 302 g/mol. The van der Waals surface area contributed by atoms with E-state index in [1.54, 1.807) is 4.90 Å². The van der Waals surface area contributed by atoms with E-state index in [0.717, 1.165) is 51.9 Å². The lowest BCUT2D eigenvalue weighted by atomic mass is 10.0. The number of nitrogens with one attached hydrogen (secondary N) is 1. The minimum absolute atomic E-state index is 0.00361. The summed E-state index contributed by atoms with van der Waals surface area (Å²) in [6.45, 7) is 6.03. The first-order valence-electron chi connectivity index (χ1n) is 9.12. The monoisotopic (exact) mass is 331 g/mol. The van der Waals surface area contributed by atoms with Crippen molar-refractivity contribution in [1.82, 2.24) is 15.1 Å². The molecule has 132 valence electrons. The number of benzene rings is 1. The van der Waals surface area contributed by atoms with Crippen molar-refractivity contribution >= 4 is 6.03 Å². The third kappa shape index (κ3) is 4.08. The summed E-state index contributed by atoms with van der Waals surface area (Å²) in [4.78, 5) is 16.7. The molecule has 1 aromatic carbocycles. The second-order valence-corrected chi connectivity index (χ2v) is 7.10. The van der Waals surface area contributed by atoms with Crippen molar-refractivity contribution in [3.8, 4) is 0 Å². The largest absolute Gasteiger partial charge is 0.394 e. The van der Waals surface area contributed by atoms with E-state index < -0.39 is 0 Å². The second-order valence-electron chi connectivity index (χ2n) is 7.10. The molecule has 0 saturated carbocycles. The van der Waals surface area contributed by atoms with E-state index in [0.29, 0.717) is 0 Å². The summed E-state index contributed by atoms with van der Waals surface area (Å²) in [5.74, 6) is 0. The molecule has 0 aromatic heterocycles. The lowest BCUT2D eigenvalue weighted by molar-refractivity contribution is 0.145. The van der Waals surface area contributed by atoms with Crippen LogP contribution in [0.4, 0.5) is 4.79 Å². The fraction of sp³-hybridized carbons (Fsp3) is 0.632. The van der Waals surface area contributed by atoms with Crippen LogP contribution in [0.25, 0.3) is 0 Å². The molecule has 2 N–H and O–H groups in total. The Bertz CT molecular complexity index is 555. The predicted molar refractivity (Wildman–Crippen MR) is 94.8 cm³/mol. The Balaban J connectivity index is 1.45. The predicted octanol–water partition coefficient (Wildman–Crippen LogP) is 2.13. The number of aliphatic hydroxyl groups excluding tert-OH is 1. The van der Waals surface area contributed by atoms with Gasteiger partial charge in [-0.05, 0) is 43.7 Å². The molecule has 0 aliphatic carbocycles. The third-order valence-corrected chi connectivity index (χ3v) is 5.42. The van der Waals surface area contributed by atoms with Gasteiger partial charge in [0.05, 0.1) is 12.6 Å². The van der Waals surface area contributed by atoms with Crippen molar-refractivity contribution in [3.63, 3.8) is 0 Å². The fourth-order valence-electron chi connectivity index (χ4n) is 3.81. The molecule has 0 bridgehead atoms. The van der Waals surface area contributed by atoms with Gasteiger partial charge in [0.25, 0.3) is 0 Å². The van der Waals surface area contributed by atoms with Gasteiger partial charge in [0.1, 0.15) is 0 Å². The van der Waals surface area contributed by atoms with E-state index in [-0.39, 0.29) is 24.7 Å². The van der Waals surface area contributed by atoms with Crippen molar-refractivity contribution in [1.29, 1.82) is 0 Å². The summed E-state index contributed by atoms with van der Waals surface area (Å²) in [6, 6.07) is 8.81. The van der Waals surface area contributed by atoms with Gasteiger partial charge in [0.2, 0.25) is 0 Å². The van der Waals surface area contributed by atoms with Crippen LogP contribution >= 0.6 is 0 Å². The van der Waals surface area contributed by atoms with Crippen LogP contribution in [0, 0.1) is 6.92 Å². The Morgan fingerprint density at radius 3 is 2.67 bits per heavy atom. The molecule has 3 rings (SSSR count). The molecule has 1 atom stereocenters. The van der Waals surface area contributed by atoms with Gasteiger partial charge in [-0.25, -0.2) is 4.79 Å². The number of aliphatic hydroxyl groups is 1. The molecule has 5 heteroatoms. The van der Waals surface area contributed by atoms with Gasteiger partial charge >= 0.3 is 6.03 Å². The first kappa shape index (κ1) is 17.2. The summed E-state index contributed by atoms with van der Waals surface area (Å²) < 4.78 is 0. The Hall–Kier alpha value is -1.59. The zero-order chi connectivity index (χ0) is 16.9. The number of amides is 2. The van der Waals surface area contributed by atoms with Crippen LogP contribution in [0.5, 0.6) is 0 Å². The highest BCUT2D eigenvalue weighted by atomic mass is 16.3. The van der Waals surface area contributed by atoms with Crippen LogP contribution in [0.1, 0.15) is 36.8 Å². The van der Waals surface area contributed by atoms with Crippen molar-refractivity contribution in [2.24, 2.45) is 0 Å². The number of likely N-dealkylation sites (tertiary alicyclic amines) is 2. The fourth-order valence-corrected chi connectivity index (χ4v) is 3.81. The zero-order valence-electron chi connectivity index (χ0n) is 14.6. The minimum atomic E-state index is 0.00361. The first-order chi connectivity index (χ1) is 11.7. The van der Waals surface area contributed by atoms with Crippen LogP contribution in [-0.2, 0) is 6.54 Å². The number of carbonyl (C=O) groups excluding carboxylic acids is 1. The highest BCUT2D eigenvalue weighted by molar-refractivity contribution is 5.75. The zero-order valence-corrected chi connectivity index (χ0v) is 14.6. The molecule has 1 unspecified atom stereocenters. The van der Waals surface area contributed by atoms with E-state index in [4.69, 9.17) is 0 Å². The number of nitrogens with zero attached hydrogens (tertiary/aromatic N) is 2. The SMILES string of the molecule is Cc1ccccc1CN1CCC(NC(=O)N2CCCC2CO)CC1. The Morgan fingerprint density at radius 2 is 1.96 bits per heavy atom. The quantitative estimate of drug-likeness (QED) is 0.889. The summed E-state index contributed by atoms with van der Waals surface area (Å²) in [5.41, 5.74) is 2.74. The standard InChI is InChI=1S/C19H29N3O2/c1-15-5-2-3-6-16(15)13-21-11-8-17(9-12-21)20-19(24)22-10-4-7-18(22)14-23/h2-3,5-6,17-18,23H,4,7-14H2,1H3,(H,20,24). The Labute approximate surface area is 144 Å². The summed E-state index contributed by atoms with van der Waals surface area (Å²) >= 11 is 0. The van der Waals surface area contributed by atoms with Crippen molar-refractivity contribution in [3.05, 3.63) is 35.4 Å². The molecule has 5 nitrogen and oxygen atoms in total. The van der Waals surface area contributed by atoms with Crippen molar-refractivity contribution < 1.29 is 9.90 Å². The number of hydrogen-bond acceptors (Lipinski definition) is 3. The maximum atomic E-state index is 12.4. The molecule has 0 radical (unpaired) electrons. The maximum absolute atomic E-state index is 12.4. The van der Waals surface area contributed by atoms with Gasteiger partial charge in [-0.3, -0.25) is 4.90 Å². The Kier molecular flexibility index (Phi) is 5.74. The Morgan fingerprint density at radius 1 is 1.21 bits per heavy atom. The summed E-state index contributed by atoms with van der Waals surface area (Å²) in [5, 5.41) is 12.5. The van der Waals surface area contributed by atoms with Crippen LogP contribution < -0.4 is 5.32 Å². The number of carbonyl (C=O) groups is 1. The maximum Gasteiger partial charge on any atom is 0.317 e. The van der Waals surface area contributed by atoms with Gasteiger partial charge in [-0.1, -0.05) is 24.3 Å². The van der Waals surface area contributed by atoms with Gasteiger partial charge < -0.3 is 15.3 Å². The smallest absolute Gasteiger partial charge is 0.317 e. The van der Waals surface area contributed by atoms with E-state index in [1.807, 2.05) is 0 Å². The molecule has 2 fully saturated rings. The van der Waals surface area contributed by atoms with Crippen LogP contribution in [0.15, 0.2) is 24.3 Å². The van der Waals surface area contributed by atoms with Gasteiger partial charge in [-0.2, -0.15) is 0 Å². The molecule has 2 amide bonds. The molecular formula is C19H29N3O2. The molecule has 0 spiro atoms. The molecule has 2 saturated heterocycles. The molecule has 1 aromatic rings. The van der Waals surface area contributed by atoms with Gasteiger partial charge in [0, 0.05) is 32.2 Å². The topological polar surface area (TPSA) is 55.8 Å². The number of urea groups is 1. The number of aryl methyl sites for hydroxylation is 1. The lowest BCUT2D eigenvalue weighted by Gasteiger charge is -2.34. The van der Waals surface area contributed by atoms with E-state index in [2.05, 4.69) is 41.4 Å². The lowest BCUT2D eigenvalue weighted by Crippen LogP contribution is -2.50. The normalized spacial score (nSPS) is 22.8. The molecule has 24 heavy (non-hydrogen) atoms. The molecule has 2 aliphatic rings. The third-order valence-electron chi connectivity index (χ3n) is 5.42. The van der Waals surface area contributed by atoms with Crippen LogP contribution in [0.2, 0.25) is 0 Å². The summed E-state index contributed by atoms with van der Waals surface area (Å²) in [6.07, 6.45) is 3.90.